The molecule has 0 radical (unpaired) electrons. The van der Waals surface area contributed by atoms with Gasteiger partial charge in [-0.05, 0) is 26.0 Å². The van der Waals surface area contributed by atoms with Gasteiger partial charge in [0.2, 0.25) is 0 Å². The smallest absolute Gasteiger partial charge is 0.387 e. The number of halogens is 2. The molecule has 7 heteroatoms. The highest BCUT2D eigenvalue weighted by atomic mass is 19.3. The van der Waals surface area contributed by atoms with Crippen LogP contribution in [0, 0.1) is 13.8 Å². The van der Waals surface area contributed by atoms with Crippen LogP contribution in [-0.2, 0) is 0 Å². The molecule has 0 bridgehead atoms. The highest BCUT2D eigenvalue weighted by molar-refractivity contribution is 5.83. The van der Waals surface area contributed by atoms with E-state index in [0.29, 0.717) is 17.2 Å². The monoisotopic (exact) mass is 266 g/mol. The van der Waals surface area contributed by atoms with Crippen LogP contribution in [-0.4, -0.2) is 27.7 Å². The molecule has 0 fully saturated rings. The van der Waals surface area contributed by atoms with Crippen LogP contribution in [0.2, 0.25) is 0 Å². The molecule has 0 aliphatic rings. The van der Waals surface area contributed by atoms with Crippen molar-refractivity contribution in [3.05, 3.63) is 41.5 Å². The minimum Gasteiger partial charge on any atom is -0.434 e. The minimum absolute atomic E-state index is 0.0737. The summed E-state index contributed by atoms with van der Waals surface area (Å²) in [4.78, 5) is 0. The zero-order valence-corrected chi connectivity index (χ0v) is 10.4. The first-order valence-corrected chi connectivity index (χ1v) is 5.54. The quantitative estimate of drug-likeness (QED) is 0.798. The van der Waals surface area contributed by atoms with Crippen LogP contribution >= 0.6 is 0 Å². The third-order valence-electron chi connectivity index (χ3n) is 2.40. The van der Waals surface area contributed by atoms with Gasteiger partial charge in [-0.3, -0.25) is 0 Å². The molecule has 0 amide bonds. The van der Waals surface area contributed by atoms with Crippen molar-refractivity contribution < 1.29 is 13.5 Å². The second-order valence-electron chi connectivity index (χ2n) is 3.77. The Bertz CT molecular complexity index is 576. The van der Waals surface area contributed by atoms with E-state index in [1.54, 1.807) is 32.0 Å². The topological polar surface area (TPSA) is 52.3 Å². The van der Waals surface area contributed by atoms with Crippen LogP contribution in [0.4, 0.5) is 8.78 Å². The number of nitrogens with zero attached hydrogens (tertiary/aromatic N) is 4. The van der Waals surface area contributed by atoms with Crippen molar-refractivity contribution in [1.29, 1.82) is 0 Å². The van der Waals surface area contributed by atoms with E-state index < -0.39 is 6.61 Å². The van der Waals surface area contributed by atoms with Gasteiger partial charge in [0.25, 0.3) is 0 Å². The lowest BCUT2D eigenvalue weighted by molar-refractivity contribution is -0.0499. The van der Waals surface area contributed by atoms with Gasteiger partial charge in [-0.15, -0.1) is 10.2 Å². The van der Waals surface area contributed by atoms with E-state index in [-0.39, 0.29) is 5.75 Å². The van der Waals surface area contributed by atoms with Crippen LogP contribution in [0.1, 0.15) is 17.2 Å². The van der Waals surface area contributed by atoms with Crippen molar-refractivity contribution in [3.8, 4) is 5.75 Å². The van der Waals surface area contributed by atoms with Crippen molar-refractivity contribution in [2.45, 2.75) is 20.5 Å². The molecule has 100 valence electrons. The fourth-order valence-electron chi connectivity index (χ4n) is 1.54. The summed E-state index contributed by atoms with van der Waals surface area (Å²) < 4.78 is 30.4. The number of hydrogen-bond acceptors (Lipinski definition) is 4. The second-order valence-corrected chi connectivity index (χ2v) is 3.77. The van der Waals surface area contributed by atoms with E-state index in [1.165, 1.54) is 17.0 Å². The number of aromatic nitrogens is 3. The maximum Gasteiger partial charge on any atom is 0.387 e. The Morgan fingerprint density at radius 3 is 2.47 bits per heavy atom. The van der Waals surface area contributed by atoms with Crippen molar-refractivity contribution >= 4 is 6.21 Å². The molecule has 2 aromatic rings. The molecule has 0 aliphatic carbocycles. The predicted octanol–water partition coefficient (Wildman–Crippen LogP) is 2.38. The fraction of sp³-hybridized carbons (Fsp3) is 0.250. The van der Waals surface area contributed by atoms with Crippen LogP contribution < -0.4 is 4.74 Å². The molecule has 1 aromatic heterocycles. The Labute approximate surface area is 108 Å². The first kappa shape index (κ1) is 13.1. The maximum atomic E-state index is 12.3. The van der Waals surface area contributed by atoms with Crippen molar-refractivity contribution in [3.63, 3.8) is 0 Å². The first-order chi connectivity index (χ1) is 9.08. The number of rotatable bonds is 4. The number of benzene rings is 1. The van der Waals surface area contributed by atoms with Gasteiger partial charge in [0.05, 0.1) is 6.21 Å². The second kappa shape index (κ2) is 5.55. The van der Waals surface area contributed by atoms with E-state index >= 15 is 0 Å². The lowest BCUT2D eigenvalue weighted by atomic mass is 10.2. The molecule has 0 saturated carbocycles. The molecule has 1 heterocycles. The Hall–Kier alpha value is -2.31. The highest BCUT2D eigenvalue weighted by Gasteiger charge is 2.08. The van der Waals surface area contributed by atoms with Gasteiger partial charge in [0.15, 0.2) is 11.6 Å². The predicted molar refractivity (Wildman–Crippen MR) is 65.6 cm³/mol. The molecular weight excluding hydrogens is 254 g/mol. The van der Waals surface area contributed by atoms with Crippen molar-refractivity contribution in [2.75, 3.05) is 0 Å². The summed E-state index contributed by atoms with van der Waals surface area (Å²) in [6.07, 6.45) is 1.43. The zero-order valence-electron chi connectivity index (χ0n) is 10.4. The molecule has 0 unspecified atom stereocenters. The van der Waals surface area contributed by atoms with Crippen LogP contribution in [0.25, 0.3) is 0 Å². The van der Waals surface area contributed by atoms with E-state index in [4.69, 9.17) is 0 Å². The van der Waals surface area contributed by atoms with Gasteiger partial charge in [-0.1, -0.05) is 12.1 Å². The van der Waals surface area contributed by atoms with Gasteiger partial charge < -0.3 is 4.74 Å². The number of para-hydroxylation sites is 1. The maximum absolute atomic E-state index is 12.3. The van der Waals surface area contributed by atoms with Crippen LogP contribution in [0.15, 0.2) is 29.4 Å². The van der Waals surface area contributed by atoms with E-state index in [1.807, 2.05) is 0 Å². The van der Waals surface area contributed by atoms with E-state index in [9.17, 15) is 8.78 Å². The standard InChI is InChI=1S/C12H12F2N4O/c1-8-16-17-9(2)18(8)15-7-10-5-3-4-6-11(10)19-12(13)14/h3-7,12H,1-2H3/b15-7-. The fourth-order valence-corrected chi connectivity index (χ4v) is 1.54. The van der Waals surface area contributed by atoms with E-state index in [0.717, 1.165) is 0 Å². The average molecular weight is 266 g/mol. The molecule has 2 rings (SSSR count). The number of aryl methyl sites for hydroxylation is 2. The average Bonchev–Trinajstić information content (AvgIpc) is 2.68. The normalized spacial score (nSPS) is 11.4. The summed E-state index contributed by atoms with van der Waals surface area (Å²) in [5, 5.41) is 11.8. The minimum atomic E-state index is -2.87. The summed E-state index contributed by atoms with van der Waals surface area (Å²) >= 11 is 0. The summed E-state index contributed by atoms with van der Waals surface area (Å²) in [5.74, 6) is 1.30. The molecule has 0 N–H and O–H groups in total. The van der Waals surface area contributed by atoms with Gasteiger partial charge in [-0.2, -0.15) is 13.9 Å². The Kier molecular flexibility index (Phi) is 3.84. The van der Waals surface area contributed by atoms with Crippen molar-refractivity contribution in [2.24, 2.45) is 5.10 Å². The SMILES string of the molecule is Cc1nnc(C)n1/N=C\c1ccccc1OC(F)F. The van der Waals surface area contributed by atoms with Crippen LogP contribution in [0.3, 0.4) is 0 Å². The third-order valence-corrected chi connectivity index (χ3v) is 2.40. The Morgan fingerprint density at radius 1 is 1.21 bits per heavy atom. The molecule has 19 heavy (non-hydrogen) atoms. The molecule has 5 nitrogen and oxygen atoms in total. The number of hydrogen-bond donors (Lipinski definition) is 0. The lowest BCUT2D eigenvalue weighted by Gasteiger charge is -2.07. The van der Waals surface area contributed by atoms with E-state index in [2.05, 4.69) is 20.0 Å². The summed E-state index contributed by atoms with van der Waals surface area (Å²) in [7, 11) is 0. The van der Waals surface area contributed by atoms with Gasteiger partial charge in [0.1, 0.15) is 5.75 Å². The summed E-state index contributed by atoms with van der Waals surface area (Å²) in [6.45, 7) is 0.630. The van der Waals surface area contributed by atoms with Crippen LogP contribution in [0.5, 0.6) is 5.75 Å². The third kappa shape index (κ3) is 3.12. The molecule has 0 aliphatic heterocycles. The summed E-state index contributed by atoms with van der Waals surface area (Å²) in [6, 6.07) is 6.42. The first-order valence-electron chi connectivity index (χ1n) is 5.54. The van der Waals surface area contributed by atoms with Gasteiger partial charge in [-0.25, -0.2) is 4.68 Å². The molecule has 0 atom stereocenters. The zero-order chi connectivity index (χ0) is 13.8. The van der Waals surface area contributed by atoms with Crippen molar-refractivity contribution in [1.82, 2.24) is 14.9 Å². The highest BCUT2D eigenvalue weighted by Crippen LogP contribution is 2.18. The van der Waals surface area contributed by atoms with Gasteiger partial charge >= 0.3 is 6.61 Å². The number of ether oxygens (including phenoxy) is 1. The Balaban J connectivity index is 2.28. The molecule has 0 saturated heterocycles. The number of alkyl halides is 2. The molecule has 0 spiro atoms. The molecule has 1 aromatic carbocycles. The van der Waals surface area contributed by atoms with Gasteiger partial charge in [0, 0.05) is 5.56 Å². The lowest BCUT2D eigenvalue weighted by Crippen LogP contribution is -2.04. The largest absolute Gasteiger partial charge is 0.434 e. The summed E-state index contributed by atoms with van der Waals surface area (Å²) in [5.41, 5.74) is 0.454. The molecular formula is C12H12F2N4O. The Morgan fingerprint density at radius 2 is 1.84 bits per heavy atom.